The minimum Gasteiger partial charge on any atom is -0.490 e. The van der Waals surface area contributed by atoms with Gasteiger partial charge in [0.05, 0.1) is 10.6 Å². The molecular formula is C18H20BrNO2. The number of hydrogen-bond acceptors (Lipinski definition) is 2. The van der Waals surface area contributed by atoms with Gasteiger partial charge in [-0.3, -0.25) is 4.79 Å². The van der Waals surface area contributed by atoms with E-state index in [1.807, 2.05) is 63.4 Å². The molecule has 0 heterocycles. The van der Waals surface area contributed by atoms with Crippen LogP contribution in [-0.4, -0.2) is 24.0 Å². The van der Waals surface area contributed by atoms with Crippen LogP contribution in [0, 0.1) is 0 Å². The van der Waals surface area contributed by atoms with Crippen molar-refractivity contribution in [1.29, 1.82) is 0 Å². The van der Waals surface area contributed by atoms with E-state index in [1.54, 1.807) is 11.0 Å². The third-order valence-corrected chi connectivity index (χ3v) is 3.77. The summed E-state index contributed by atoms with van der Waals surface area (Å²) in [5, 5.41) is 0. The predicted octanol–water partition coefficient (Wildman–Crippen LogP) is 4.51. The number of ether oxygens (including phenoxy) is 1. The van der Waals surface area contributed by atoms with Gasteiger partial charge in [0, 0.05) is 19.2 Å². The Hall–Kier alpha value is -1.81. The van der Waals surface area contributed by atoms with Gasteiger partial charge in [-0.05, 0) is 53.5 Å². The van der Waals surface area contributed by atoms with Crippen molar-refractivity contribution in [2.75, 3.05) is 7.05 Å². The van der Waals surface area contributed by atoms with Gasteiger partial charge in [0.2, 0.25) is 0 Å². The monoisotopic (exact) mass is 361 g/mol. The molecule has 0 spiro atoms. The van der Waals surface area contributed by atoms with Crippen molar-refractivity contribution in [3.8, 4) is 5.75 Å². The molecule has 0 aliphatic rings. The van der Waals surface area contributed by atoms with Gasteiger partial charge in [-0.15, -0.1) is 0 Å². The van der Waals surface area contributed by atoms with Gasteiger partial charge in [0.1, 0.15) is 5.75 Å². The number of halogens is 1. The molecule has 2 aromatic rings. The molecule has 4 heteroatoms. The molecule has 22 heavy (non-hydrogen) atoms. The Kier molecular flexibility index (Phi) is 5.61. The number of amides is 1. The molecule has 0 aliphatic carbocycles. The van der Waals surface area contributed by atoms with E-state index in [9.17, 15) is 4.79 Å². The zero-order valence-corrected chi connectivity index (χ0v) is 14.6. The first kappa shape index (κ1) is 16.6. The van der Waals surface area contributed by atoms with Gasteiger partial charge in [-0.1, -0.05) is 30.3 Å². The summed E-state index contributed by atoms with van der Waals surface area (Å²) in [6.45, 7) is 4.53. The third-order valence-electron chi connectivity index (χ3n) is 3.15. The largest absolute Gasteiger partial charge is 0.490 e. The number of carbonyl (C=O) groups is 1. The van der Waals surface area contributed by atoms with Crippen LogP contribution in [0.1, 0.15) is 29.8 Å². The highest BCUT2D eigenvalue weighted by Gasteiger charge is 2.14. The van der Waals surface area contributed by atoms with Crippen LogP contribution in [-0.2, 0) is 6.54 Å². The quantitative estimate of drug-likeness (QED) is 0.783. The Balaban J connectivity index is 2.10. The Morgan fingerprint density at radius 2 is 1.86 bits per heavy atom. The SMILES string of the molecule is CC(C)Oc1ccc(C(=O)N(C)Cc2ccccc2)cc1Br. The fourth-order valence-corrected chi connectivity index (χ4v) is 2.61. The minimum absolute atomic E-state index is 0.0133. The second-order valence-corrected chi connectivity index (χ2v) is 6.31. The van der Waals surface area contributed by atoms with Crippen LogP contribution in [0.4, 0.5) is 0 Å². The number of benzene rings is 2. The van der Waals surface area contributed by atoms with E-state index in [0.29, 0.717) is 12.1 Å². The molecule has 2 aromatic carbocycles. The van der Waals surface area contributed by atoms with Gasteiger partial charge in [0.25, 0.3) is 5.91 Å². The van der Waals surface area contributed by atoms with Crippen molar-refractivity contribution in [1.82, 2.24) is 4.90 Å². The summed E-state index contributed by atoms with van der Waals surface area (Å²) in [4.78, 5) is 14.2. The van der Waals surface area contributed by atoms with E-state index >= 15 is 0 Å². The molecular weight excluding hydrogens is 342 g/mol. The molecule has 0 saturated carbocycles. The van der Waals surface area contributed by atoms with E-state index in [1.165, 1.54) is 0 Å². The summed E-state index contributed by atoms with van der Waals surface area (Å²) in [5.74, 6) is 0.734. The highest BCUT2D eigenvalue weighted by atomic mass is 79.9. The Morgan fingerprint density at radius 1 is 1.18 bits per heavy atom. The predicted molar refractivity (Wildman–Crippen MR) is 92.1 cm³/mol. The lowest BCUT2D eigenvalue weighted by Crippen LogP contribution is -2.26. The lowest BCUT2D eigenvalue weighted by molar-refractivity contribution is 0.0785. The lowest BCUT2D eigenvalue weighted by Gasteiger charge is -2.18. The summed E-state index contributed by atoms with van der Waals surface area (Å²) < 4.78 is 6.46. The Bertz CT molecular complexity index is 641. The fourth-order valence-electron chi connectivity index (χ4n) is 2.13. The first-order valence-electron chi connectivity index (χ1n) is 7.23. The van der Waals surface area contributed by atoms with Crippen molar-refractivity contribution in [2.45, 2.75) is 26.5 Å². The van der Waals surface area contributed by atoms with Gasteiger partial charge in [-0.25, -0.2) is 0 Å². The lowest BCUT2D eigenvalue weighted by atomic mass is 10.1. The highest BCUT2D eigenvalue weighted by molar-refractivity contribution is 9.10. The number of carbonyl (C=O) groups excluding carboxylic acids is 1. The van der Waals surface area contributed by atoms with Gasteiger partial charge < -0.3 is 9.64 Å². The fraction of sp³-hybridized carbons (Fsp3) is 0.278. The number of hydrogen-bond donors (Lipinski definition) is 0. The average molecular weight is 362 g/mol. The summed E-state index contributed by atoms with van der Waals surface area (Å²) in [5.41, 5.74) is 1.75. The standard InChI is InChI=1S/C18H20BrNO2/c1-13(2)22-17-10-9-15(11-16(17)19)18(21)20(3)12-14-7-5-4-6-8-14/h4-11,13H,12H2,1-3H3. The molecule has 0 unspecified atom stereocenters. The summed E-state index contributed by atoms with van der Waals surface area (Å²) in [6.07, 6.45) is 0.0959. The molecule has 0 bridgehead atoms. The van der Waals surface area contributed by atoms with E-state index in [-0.39, 0.29) is 12.0 Å². The maximum atomic E-state index is 12.5. The molecule has 0 N–H and O–H groups in total. The van der Waals surface area contributed by atoms with Gasteiger partial charge in [-0.2, -0.15) is 0 Å². The van der Waals surface area contributed by atoms with Crippen molar-refractivity contribution in [3.05, 3.63) is 64.1 Å². The molecule has 0 atom stereocenters. The molecule has 2 rings (SSSR count). The van der Waals surface area contributed by atoms with E-state index in [0.717, 1.165) is 15.8 Å². The smallest absolute Gasteiger partial charge is 0.253 e. The van der Waals surface area contributed by atoms with Gasteiger partial charge in [0.15, 0.2) is 0 Å². The van der Waals surface area contributed by atoms with Crippen molar-refractivity contribution >= 4 is 21.8 Å². The van der Waals surface area contributed by atoms with Crippen molar-refractivity contribution < 1.29 is 9.53 Å². The van der Waals surface area contributed by atoms with Gasteiger partial charge >= 0.3 is 0 Å². The zero-order chi connectivity index (χ0) is 16.1. The first-order chi connectivity index (χ1) is 10.5. The van der Waals surface area contributed by atoms with Crippen LogP contribution in [0.2, 0.25) is 0 Å². The molecule has 0 saturated heterocycles. The molecule has 1 amide bonds. The van der Waals surface area contributed by atoms with Crippen LogP contribution < -0.4 is 4.74 Å². The van der Waals surface area contributed by atoms with Crippen LogP contribution in [0.5, 0.6) is 5.75 Å². The van der Waals surface area contributed by atoms with Crippen LogP contribution in [0.3, 0.4) is 0 Å². The zero-order valence-electron chi connectivity index (χ0n) is 13.0. The summed E-state index contributed by atoms with van der Waals surface area (Å²) in [6, 6.07) is 15.4. The highest BCUT2D eigenvalue weighted by Crippen LogP contribution is 2.27. The third kappa shape index (κ3) is 4.34. The van der Waals surface area contributed by atoms with Crippen LogP contribution in [0.15, 0.2) is 53.0 Å². The van der Waals surface area contributed by atoms with Crippen LogP contribution >= 0.6 is 15.9 Å². The van der Waals surface area contributed by atoms with E-state index in [4.69, 9.17) is 4.74 Å². The summed E-state index contributed by atoms with van der Waals surface area (Å²) in [7, 11) is 1.81. The molecule has 116 valence electrons. The molecule has 0 fully saturated rings. The molecule has 3 nitrogen and oxygen atoms in total. The molecule has 0 radical (unpaired) electrons. The van der Waals surface area contributed by atoms with Crippen LogP contribution in [0.25, 0.3) is 0 Å². The topological polar surface area (TPSA) is 29.5 Å². The Morgan fingerprint density at radius 3 is 2.45 bits per heavy atom. The molecule has 0 aliphatic heterocycles. The second kappa shape index (κ2) is 7.45. The van der Waals surface area contributed by atoms with E-state index in [2.05, 4.69) is 15.9 Å². The van der Waals surface area contributed by atoms with Crippen molar-refractivity contribution in [2.24, 2.45) is 0 Å². The van der Waals surface area contributed by atoms with Crippen molar-refractivity contribution in [3.63, 3.8) is 0 Å². The number of rotatable bonds is 5. The average Bonchev–Trinajstić information content (AvgIpc) is 2.49. The maximum Gasteiger partial charge on any atom is 0.253 e. The van der Waals surface area contributed by atoms with E-state index < -0.39 is 0 Å². The summed E-state index contributed by atoms with van der Waals surface area (Å²) >= 11 is 3.46. The first-order valence-corrected chi connectivity index (χ1v) is 8.02. The maximum absolute atomic E-state index is 12.5. The normalized spacial score (nSPS) is 10.6. The second-order valence-electron chi connectivity index (χ2n) is 5.46. The molecule has 0 aromatic heterocycles. The Labute approximate surface area is 140 Å². The number of nitrogens with zero attached hydrogens (tertiary/aromatic N) is 1. The minimum atomic E-state index is -0.0133.